The lowest BCUT2D eigenvalue weighted by atomic mass is 10.1. The van der Waals surface area contributed by atoms with Gasteiger partial charge in [0.05, 0.1) is 19.6 Å². The van der Waals surface area contributed by atoms with Crippen LogP contribution in [-0.2, 0) is 0 Å². The predicted octanol–water partition coefficient (Wildman–Crippen LogP) is 2.89. The number of hydrogen-bond acceptors (Lipinski definition) is 6. The first-order chi connectivity index (χ1) is 11.0. The Kier molecular flexibility index (Phi) is 3.57. The summed E-state index contributed by atoms with van der Waals surface area (Å²) in [6.07, 6.45) is 0. The van der Waals surface area contributed by atoms with Crippen molar-refractivity contribution in [3.05, 3.63) is 46.6 Å². The molecule has 1 aromatic heterocycles. The molecule has 2 aromatic carbocycles. The molecule has 0 saturated carbocycles. The van der Waals surface area contributed by atoms with Crippen LogP contribution < -0.4 is 14.9 Å². The summed E-state index contributed by atoms with van der Waals surface area (Å²) in [5.74, 6) is 0.363. The fourth-order valence-electron chi connectivity index (χ4n) is 2.32. The summed E-state index contributed by atoms with van der Waals surface area (Å²) in [5.41, 5.74) is 0.151. The van der Waals surface area contributed by atoms with E-state index in [-0.39, 0.29) is 22.5 Å². The van der Waals surface area contributed by atoms with Crippen LogP contribution in [-0.4, -0.2) is 24.4 Å². The molecule has 0 aliphatic rings. The molecule has 3 aromatic rings. The zero-order chi connectivity index (χ0) is 16.6. The van der Waals surface area contributed by atoms with Crippen molar-refractivity contribution in [2.75, 3.05) is 14.2 Å². The molecule has 0 aliphatic carbocycles. The second kappa shape index (κ2) is 5.57. The van der Waals surface area contributed by atoms with Gasteiger partial charge in [0, 0.05) is 11.6 Å². The van der Waals surface area contributed by atoms with E-state index in [0.717, 1.165) is 0 Å². The Morgan fingerprint density at radius 2 is 1.57 bits per heavy atom. The summed E-state index contributed by atoms with van der Waals surface area (Å²) >= 11 is 0. The highest BCUT2D eigenvalue weighted by atomic mass is 16.5. The molecule has 0 amide bonds. The summed E-state index contributed by atoms with van der Waals surface area (Å²) in [7, 11) is 2.93. The summed E-state index contributed by atoms with van der Waals surface area (Å²) in [5, 5.41) is 19.7. The number of rotatable bonds is 3. The molecule has 0 atom stereocenters. The van der Waals surface area contributed by atoms with Crippen molar-refractivity contribution in [3.63, 3.8) is 0 Å². The second-order valence-electron chi connectivity index (χ2n) is 4.86. The van der Waals surface area contributed by atoms with E-state index in [1.807, 2.05) is 0 Å². The van der Waals surface area contributed by atoms with Crippen LogP contribution in [0.5, 0.6) is 23.0 Å². The van der Waals surface area contributed by atoms with Crippen molar-refractivity contribution in [1.82, 2.24) is 0 Å². The minimum Gasteiger partial charge on any atom is -0.508 e. The first-order valence-electron chi connectivity index (χ1n) is 6.76. The van der Waals surface area contributed by atoms with Crippen LogP contribution >= 0.6 is 0 Å². The van der Waals surface area contributed by atoms with Gasteiger partial charge in [0.15, 0.2) is 17.3 Å². The van der Waals surface area contributed by atoms with Crippen molar-refractivity contribution in [2.24, 2.45) is 0 Å². The van der Waals surface area contributed by atoms with Crippen molar-refractivity contribution < 1.29 is 24.1 Å². The van der Waals surface area contributed by atoms with Gasteiger partial charge in [0.2, 0.25) is 11.2 Å². The largest absolute Gasteiger partial charge is 0.508 e. The first-order valence-corrected chi connectivity index (χ1v) is 6.76. The standard InChI is InChI=1S/C17H14O6/c1-21-13-7-11-12(8-14(13)22-2)23-17(16(20)15(11)19)9-3-5-10(18)6-4-9/h3-8,18,20H,1-2H3. The van der Waals surface area contributed by atoms with Gasteiger partial charge in [-0.2, -0.15) is 0 Å². The molecule has 6 nitrogen and oxygen atoms in total. The summed E-state index contributed by atoms with van der Waals surface area (Å²) in [6, 6.07) is 8.94. The minimum atomic E-state index is -0.574. The van der Waals surface area contributed by atoms with Crippen molar-refractivity contribution in [2.45, 2.75) is 0 Å². The average molecular weight is 314 g/mol. The molecular formula is C17H14O6. The van der Waals surface area contributed by atoms with E-state index < -0.39 is 11.2 Å². The van der Waals surface area contributed by atoms with Gasteiger partial charge >= 0.3 is 0 Å². The highest BCUT2D eigenvalue weighted by molar-refractivity contribution is 5.85. The fraction of sp³-hybridized carbons (Fsp3) is 0.118. The summed E-state index contributed by atoms with van der Waals surface area (Å²) in [6.45, 7) is 0. The number of fused-ring (bicyclic) bond motifs is 1. The molecule has 0 radical (unpaired) electrons. The van der Waals surface area contributed by atoms with Gasteiger partial charge in [-0.3, -0.25) is 4.79 Å². The predicted molar refractivity (Wildman–Crippen MR) is 84.4 cm³/mol. The molecular weight excluding hydrogens is 300 g/mol. The van der Waals surface area contributed by atoms with Crippen LogP contribution in [0.1, 0.15) is 0 Å². The third-order valence-electron chi connectivity index (χ3n) is 3.50. The quantitative estimate of drug-likeness (QED) is 0.772. The van der Waals surface area contributed by atoms with Crippen LogP contribution in [0.25, 0.3) is 22.3 Å². The molecule has 0 aliphatic heterocycles. The molecule has 0 saturated heterocycles. The third-order valence-corrected chi connectivity index (χ3v) is 3.50. The Morgan fingerprint density at radius 3 is 2.17 bits per heavy atom. The topological polar surface area (TPSA) is 89.1 Å². The van der Waals surface area contributed by atoms with Gasteiger partial charge in [-0.1, -0.05) is 0 Å². The Bertz CT molecular complexity index is 924. The highest BCUT2D eigenvalue weighted by Gasteiger charge is 2.18. The number of benzene rings is 2. The van der Waals surface area contributed by atoms with Crippen LogP contribution in [0.3, 0.4) is 0 Å². The van der Waals surface area contributed by atoms with Gasteiger partial charge in [-0.15, -0.1) is 0 Å². The van der Waals surface area contributed by atoms with Gasteiger partial charge < -0.3 is 24.1 Å². The molecule has 0 bridgehead atoms. The number of phenolic OH excluding ortho intramolecular Hbond substituents is 1. The average Bonchev–Trinajstić information content (AvgIpc) is 2.58. The van der Waals surface area contributed by atoms with E-state index in [9.17, 15) is 15.0 Å². The van der Waals surface area contributed by atoms with Gasteiger partial charge in [-0.25, -0.2) is 0 Å². The first kappa shape index (κ1) is 14.8. The molecule has 1 heterocycles. The van der Waals surface area contributed by atoms with E-state index in [2.05, 4.69) is 0 Å². The number of hydrogen-bond donors (Lipinski definition) is 2. The van der Waals surface area contributed by atoms with E-state index >= 15 is 0 Å². The normalized spacial score (nSPS) is 10.7. The Labute approximate surface area is 131 Å². The van der Waals surface area contributed by atoms with Gasteiger partial charge in [0.1, 0.15) is 11.3 Å². The molecule has 0 fully saturated rings. The molecule has 3 rings (SSSR count). The molecule has 6 heteroatoms. The number of methoxy groups -OCH3 is 2. The van der Waals surface area contributed by atoms with E-state index in [0.29, 0.717) is 17.1 Å². The number of aromatic hydroxyl groups is 2. The Morgan fingerprint density at radius 1 is 0.957 bits per heavy atom. The molecule has 0 unspecified atom stereocenters. The fourth-order valence-corrected chi connectivity index (χ4v) is 2.32. The van der Waals surface area contributed by atoms with E-state index in [1.165, 1.54) is 38.5 Å². The van der Waals surface area contributed by atoms with Crippen LogP contribution in [0.4, 0.5) is 0 Å². The van der Waals surface area contributed by atoms with Gasteiger partial charge in [0.25, 0.3) is 0 Å². The summed E-state index contributed by atoms with van der Waals surface area (Å²) < 4.78 is 16.0. The monoisotopic (exact) mass is 314 g/mol. The summed E-state index contributed by atoms with van der Waals surface area (Å²) in [4.78, 5) is 12.4. The lowest BCUT2D eigenvalue weighted by Crippen LogP contribution is -2.03. The molecule has 118 valence electrons. The maximum Gasteiger partial charge on any atom is 0.235 e. The van der Waals surface area contributed by atoms with Crippen LogP contribution in [0.15, 0.2) is 45.6 Å². The number of ether oxygens (including phenoxy) is 2. The minimum absolute atomic E-state index is 0.0229. The van der Waals surface area contributed by atoms with Crippen molar-refractivity contribution in [1.29, 1.82) is 0 Å². The SMILES string of the molecule is COc1cc2oc(-c3ccc(O)cc3)c(O)c(=O)c2cc1OC. The molecule has 2 N–H and O–H groups in total. The van der Waals surface area contributed by atoms with Gasteiger partial charge in [-0.05, 0) is 30.3 Å². The Balaban J connectivity index is 2.31. The van der Waals surface area contributed by atoms with Crippen LogP contribution in [0.2, 0.25) is 0 Å². The van der Waals surface area contributed by atoms with Crippen molar-refractivity contribution in [3.8, 4) is 34.3 Å². The third kappa shape index (κ3) is 2.44. The lowest BCUT2D eigenvalue weighted by Gasteiger charge is -2.10. The highest BCUT2D eigenvalue weighted by Crippen LogP contribution is 2.35. The zero-order valence-corrected chi connectivity index (χ0v) is 12.5. The Hall–Kier alpha value is -3.15. The molecule has 0 spiro atoms. The zero-order valence-electron chi connectivity index (χ0n) is 12.5. The maximum atomic E-state index is 12.4. The van der Waals surface area contributed by atoms with E-state index in [1.54, 1.807) is 12.1 Å². The maximum absolute atomic E-state index is 12.4. The van der Waals surface area contributed by atoms with E-state index in [4.69, 9.17) is 13.9 Å². The van der Waals surface area contributed by atoms with Crippen molar-refractivity contribution >= 4 is 11.0 Å². The number of phenols is 1. The lowest BCUT2D eigenvalue weighted by molar-refractivity contribution is 0.355. The smallest absolute Gasteiger partial charge is 0.235 e. The molecule has 23 heavy (non-hydrogen) atoms. The van der Waals surface area contributed by atoms with Crippen LogP contribution in [0, 0.1) is 0 Å². The second-order valence-corrected chi connectivity index (χ2v) is 4.86.